The average Bonchev–Trinajstić information content (AvgIpc) is 2.04. The highest BCUT2D eigenvalue weighted by Crippen LogP contribution is 2.03. The quantitative estimate of drug-likeness (QED) is 0.702. The van der Waals surface area contributed by atoms with Crippen molar-refractivity contribution in [2.45, 2.75) is 18.9 Å². The molecule has 0 radical (unpaired) electrons. The van der Waals surface area contributed by atoms with Crippen LogP contribution in [0.3, 0.4) is 0 Å². The monoisotopic (exact) mass is 178 g/mol. The van der Waals surface area contributed by atoms with Crippen molar-refractivity contribution in [1.29, 1.82) is 0 Å². The molecule has 0 bridgehead atoms. The molecule has 13 heavy (non-hydrogen) atoms. The summed E-state index contributed by atoms with van der Waals surface area (Å²) in [4.78, 5) is 10.5. The molecule has 1 atom stereocenters. The first kappa shape index (κ1) is 9.74. The van der Waals surface area contributed by atoms with Crippen LogP contribution in [0.5, 0.6) is 0 Å². The Morgan fingerprint density at radius 3 is 2.46 bits per heavy atom. The van der Waals surface area contributed by atoms with Gasteiger partial charge in [0.15, 0.2) is 0 Å². The van der Waals surface area contributed by atoms with E-state index < -0.39 is 0 Å². The lowest BCUT2D eigenvalue weighted by Crippen LogP contribution is -2.29. The van der Waals surface area contributed by atoms with E-state index in [9.17, 15) is 4.79 Å². The Bertz CT molecular complexity index is 272. The molecule has 1 aromatic rings. The number of primary amides is 1. The fourth-order valence-corrected chi connectivity index (χ4v) is 1.25. The maximum absolute atomic E-state index is 10.5. The summed E-state index contributed by atoms with van der Waals surface area (Å²) >= 11 is 0. The van der Waals surface area contributed by atoms with Gasteiger partial charge >= 0.3 is 0 Å². The molecule has 3 heteroatoms. The Morgan fingerprint density at radius 2 is 1.92 bits per heavy atom. The number of nitrogens with two attached hydrogens (primary N) is 2. The molecule has 0 heterocycles. The Labute approximate surface area is 77.7 Å². The normalized spacial score (nSPS) is 12.4. The van der Waals surface area contributed by atoms with Gasteiger partial charge < -0.3 is 11.5 Å². The first-order valence-electron chi connectivity index (χ1n) is 4.26. The predicted octanol–water partition coefficient (Wildman–Crippen LogP) is 0.432. The molecule has 1 amide bonds. The molecule has 0 saturated carbocycles. The van der Waals surface area contributed by atoms with Crippen molar-refractivity contribution in [3.8, 4) is 0 Å². The van der Waals surface area contributed by atoms with Crippen LogP contribution in [-0.2, 0) is 11.2 Å². The van der Waals surface area contributed by atoms with Crippen molar-refractivity contribution in [3.05, 3.63) is 35.9 Å². The highest BCUT2D eigenvalue weighted by Gasteiger charge is 2.06. The molecule has 1 aromatic carbocycles. The summed E-state index contributed by atoms with van der Waals surface area (Å²) in [5, 5.41) is 0. The second kappa shape index (κ2) is 4.62. The third-order valence-electron chi connectivity index (χ3n) is 1.80. The van der Waals surface area contributed by atoms with Crippen LogP contribution >= 0.6 is 0 Å². The van der Waals surface area contributed by atoms with Gasteiger partial charge in [-0.25, -0.2) is 0 Å². The summed E-state index contributed by atoms with van der Waals surface area (Å²) in [5.74, 6) is -0.344. The molecule has 0 aliphatic rings. The van der Waals surface area contributed by atoms with E-state index in [4.69, 9.17) is 11.5 Å². The summed E-state index contributed by atoms with van der Waals surface area (Å²) in [6.45, 7) is 0. The zero-order chi connectivity index (χ0) is 9.68. The van der Waals surface area contributed by atoms with Gasteiger partial charge in [0.05, 0.1) is 0 Å². The van der Waals surface area contributed by atoms with Crippen molar-refractivity contribution in [2.75, 3.05) is 0 Å². The smallest absolute Gasteiger partial charge is 0.218 e. The highest BCUT2D eigenvalue weighted by molar-refractivity contribution is 5.74. The Kier molecular flexibility index (Phi) is 3.46. The number of rotatable bonds is 4. The van der Waals surface area contributed by atoms with E-state index in [-0.39, 0.29) is 18.4 Å². The zero-order valence-electron chi connectivity index (χ0n) is 7.44. The number of amides is 1. The fraction of sp³-hybridized carbons (Fsp3) is 0.300. The minimum atomic E-state index is -0.344. The lowest BCUT2D eigenvalue weighted by atomic mass is 10.0. The van der Waals surface area contributed by atoms with E-state index in [2.05, 4.69) is 0 Å². The number of hydrogen-bond donors (Lipinski definition) is 2. The van der Waals surface area contributed by atoms with Gasteiger partial charge in [-0.2, -0.15) is 0 Å². The molecule has 0 aliphatic heterocycles. The first-order valence-corrected chi connectivity index (χ1v) is 4.26. The van der Waals surface area contributed by atoms with Gasteiger partial charge in [0.25, 0.3) is 0 Å². The first-order chi connectivity index (χ1) is 6.18. The van der Waals surface area contributed by atoms with Gasteiger partial charge in [-0.15, -0.1) is 0 Å². The van der Waals surface area contributed by atoms with Crippen LogP contribution in [0.1, 0.15) is 12.0 Å². The topological polar surface area (TPSA) is 69.1 Å². The van der Waals surface area contributed by atoms with Crippen molar-refractivity contribution in [2.24, 2.45) is 11.5 Å². The molecule has 0 unspecified atom stereocenters. The van der Waals surface area contributed by atoms with E-state index >= 15 is 0 Å². The van der Waals surface area contributed by atoms with Crippen LogP contribution in [0.15, 0.2) is 30.3 Å². The lowest BCUT2D eigenvalue weighted by molar-refractivity contribution is -0.118. The molecular weight excluding hydrogens is 164 g/mol. The van der Waals surface area contributed by atoms with Crippen LogP contribution in [0.4, 0.5) is 0 Å². The summed E-state index contributed by atoms with van der Waals surface area (Å²) in [6, 6.07) is 9.66. The van der Waals surface area contributed by atoms with Crippen molar-refractivity contribution < 1.29 is 4.79 Å². The number of benzene rings is 1. The van der Waals surface area contributed by atoms with E-state index in [0.717, 1.165) is 5.56 Å². The summed E-state index contributed by atoms with van der Waals surface area (Å²) in [6.07, 6.45) is 0.943. The molecule has 0 aromatic heterocycles. The van der Waals surface area contributed by atoms with Crippen LogP contribution in [0, 0.1) is 0 Å². The fourth-order valence-electron chi connectivity index (χ4n) is 1.25. The number of carbonyl (C=O) groups is 1. The average molecular weight is 178 g/mol. The van der Waals surface area contributed by atoms with Gasteiger partial charge in [-0.05, 0) is 12.0 Å². The Hall–Kier alpha value is -1.35. The Balaban J connectivity index is 2.45. The molecule has 0 spiro atoms. The van der Waals surface area contributed by atoms with E-state index in [1.54, 1.807) is 0 Å². The minimum Gasteiger partial charge on any atom is -0.370 e. The molecule has 70 valence electrons. The molecule has 3 nitrogen and oxygen atoms in total. The minimum absolute atomic E-state index is 0.167. The lowest BCUT2D eigenvalue weighted by Gasteiger charge is -2.08. The molecule has 4 N–H and O–H groups in total. The van der Waals surface area contributed by atoms with Crippen LogP contribution < -0.4 is 11.5 Å². The highest BCUT2D eigenvalue weighted by atomic mass is 16.1. The largest absolute Gasteiger partial charge is 0.370 e. The summed E-state index contributed by atoms with van der Waals surface area (Å²) < 4.78 is 0. The third-order valence-corrected chi connectivity index (χ3v) is 1.80. The third kappa shape index (κ3) is 3.71. The SMILES string of the molecule is NC(=O)C[C@@H](N)Cc1ccccc1. The van der Waals surface area contributed by atoms with Crippen LogP contribution in [0.25, 0.3) is 0 Å². The standard InChI is InChI=1S/C10H14N2O/c11-9(7-10(12)13)6-8-4-2-1-3-5-8/h1-5,9H,6-7,11H2,(H2,12,13)/t9-/m0/s1. The molecule has 0 aliphatic carbocycles. The second-order valence-corrected chi connectivity index (χ2v) is 3.12. The second-order valence-electron chi connectivity index (χ2n) is 3.12. The maximum Gasteiger partial charge on any atom is 0.218 e. The van der Waals surface area contributed by atoms with Crippen molar-refractivity contribution in [1.82, 2.24) is 0 Å². The predicted molar refractivity (Wildman–Crippen MR) is 51.9 cm³/mol. The van der Waals surface area contributed by atoms with Crippen LogP contribution in [0.2, 0.25) is 0 Å². The summed E-state index contributed by atoms with van der Waals surface area (Å²) in [7, 11) is 0. The van der Waals surface area contributed by atoms with Gasteiger partial charge in [0.1, 0.15) is 0 Å². The van der Waals surface area contributed by atoms with E-state index in [1.165, 1.54) is 0 Å². The molecular formula is C10H14N2O. The zero-order valence-corrected chi connectivity index (χ0v) is 7.44. The summed E-state index contributed by atoms with van der Waals surface area (Å²) in [5.41, 5.74) is 11.9. The van der Waals surface area contributed by atoms with Gasteiger partial charge in [-0.3, -0.25) is 4.79 Å². The van der Waals surface area contributed by atoms with Crippen LogP contribution in [-0.4, -0.2) is 11.9 Å². The van der Waals surface area contributed by atoms with Gasteiger partial charge in [-0.1, -0.05) is 30.3 Å². The Morgan fingerprint density at radius 1 is 1.31 bits per heavy atom. The van der Waals surface area contributed by atoms with E-state index in [0.29, 0.717) is 6.42 Å². The molecule has 0 saturated heterocycles. The van der Waals surface area contributed by atoms with Gasteiger partial charge in [0, 0.05) is 12.5 Å². The molecule has 0 fully saturated rings. The van der Waals surface area contributed by atoms with Crippen molar-refractivity contribution >= 4 is 5.91 Å². The van der Waals surface area contributed by atoms with E-state index in [1.807, 2.05) is 30.3 Å². The molecule has 1 rings (SSSR count). The number of hydrogen-bond acceptors (Lipinski definition) is 2. The van der Waals surface area contributed by atoms with Gasteiger partial charge in [0.2, 0.25) is 5.91 Å². The van der Waals surface area contributed by atoms with Crippen molar-refractivity contribution in [3.63, 3.8) is 0 Å². The number of carbonyl (C=O) groups excluding carboxylic acids is 1. The maximum atomic E-state index is 10.5.